The van der Waals surface area contributed by atoms with E-state index in [0.717, 1.165) is 49.8 Å². The summed E-state index contributed by atoms with van der Waals surface area (Å²) in [6.45, 7) is 5.21. The van der Waals surface area contributed by atoms with Crippen molar-refractivity contribution in [1.29, 1.82) is 0 Å². The smallest absolute Gasteiger partial charge is 0.285 e. The third-order valence-electron chi connectivity index (χ3n) is 9.64. The molecule has 4 aliphatic carbocycles. The van der Waals surface area contributed by atoms with E-state index in [2.05, 4.69) is 15.6 Å². The van der Waals surface area contributed by atoms with Gasteiger partial charge in [0, 0.05) is 48.2 Å². The maximum atomic E-state index is 13.7. The van der Waals surface area contributed by atoms with Crippen LogP contribution in [0.4, 0.5) is 17.1 Å². The Morgan fingerprint density at radius 2 is 1.78 bits per heavy atom. The first-order chi connectivity index (χ1) is 22.1. The number of carbonyl (C=O) groups excluding carboxylic acids is 3. The van der Waals surface area contributed by atoms with E-state index in [1.54, 1.807) is 12.1 Å². The number of carbonyl (C=O) groups is 3. The first kappa shape index (κ1) is 32.0. The molecule has 11 nitrogen and oxygen atoms in total. The molecule has 4 saturated carbocycles. The highest BCUT2D eigenvalue weighted by Gasteiger charge is 2.55. The molecule has 1 saturated heterocycles. The summed E-state index contributed by atoms with van der Waals surface area (Å²) in [5, 5.41) is 14.9. The van der Waals surface area contributed by atoms with Gasteiger partial charge in [0.2, 0.25) is 5.91 Å². The number of hydrogen-bond acceptors (Lipinski definition) is 9. The molecule has 0 radical (unpaired) electrons. The number of nitrogens with one attached hydrogen (secondary N) is 2. The molecule has 0 unspecified atom stereocenters. The summed E-state index contributed by atoms with van der Waals surface area (Å²) in [6, 6.07) is 11.2. The Morgan fingerprint density at radius 3 is 2.41 bits per heavy atom. The van der Waals surface area contributed by atoms with E-state index in [1.807, 2.05) is 32.0 Å². The summed E-state index contributed by atoms with van der Waals surface area (Å²) >= 11 is 6.65. The van der Waals surface area contributed by atoms with Gasteiger partial charge in [-0.05, 0) is 107 Å². The number of ether oxygens (including phenoxy) is 1. The van der Waals surface area contributed by atoms with Crippen molar-refractivity contribution >= 4 is 69.2 Å². The van der Waals surface area contributed by atoms with Crippen LogP contribution in [0.5, 0.6) is 5.75 Å². The Labute approximate surface area is 277 Å². The minimum atomic E-state index is -0.533. The minimum absolute atomic E-state index is 0.105. The zero-order valence-corrected chi connectivity index (χ0v) is 27.5. The largest absolute Gasteiger partial charge is 0.483 e. The molecule has 3 amide bonds. The highest BCUT2D eigenvalue weighted by atomic mass is 32.2. The second-order valence-electron chi connectivity index (χ2n) is 12.7. The van der Waals surface area contributed by atoms with Gasteiger partial charge in [-0.2, -0.15) is 5.01 Å². The van der Waals surface area contributed by atoms with Gasteiger partial charge in [-0.25, -0.2) is 0 Å². The second-order valence-corrected chi connectivity index (χ2v) is 14.4. The zero-order chi connectivity index (χ0) is 32.6. The maximum Gasteiger partial charge on any atom is 0.285 e. The molecule has 1 aliphatic heterocycles. The number of nitro benzene ring substituents is 1. The van der Waals surface area contributed by atoms with Gasteiger partial charge in [0.15, 0.2) is 10.9 Å². The Hall–Kier alpha value is -3.97. The molecule has 1 heterocycles. The molecule has 7 rings (SSSR count). The summed E-state index contributed by atoms with van der Waals surface area (Å²) in [6.07, 6.45) is 7.94. The fourth-order valence-electron chi connectivity index (χ4n) is 7.90. The van der Waals surface area contributed by atoms with E-state index >= 15 is 0 Å². The van der Waals surface area contributed by atoms with Gasteiger partial charge in [0.1, 0.15) is 5.75 Å². The summed E-state index contributed by atoms with van der Waals surface area (Å²) < 4.78 is 6.23. The fraction of sp³-hybridized carbons (Fsp3) is 0.455. The topological polar surface area (TPSA) is 134 Å². The van der Waals surface area contributed by atoms with Crippen LogP contribution in [-0.4, -0.2) is 51.7 Å². The lowest BCUT2D eigenvalue weighted by molar-refractivity contribution is -0.384. The number of amides is 3. The summed E-state index contributed by atoms with van der Waals surface area (Å²) in [5.74, 6) is 1.14. The zero-order valence-electron chi connectivity index (χ0n) is 25.8. The maximum absolute atomic E-state index is 13.7. The van der Waals surface area contributed by atoms with Crippen LogP contribution in [0.2, 0.25) is 0 Å². The first-order valence-corrected chi connectivity index (χ1v) is 16.9. The van der Waals surface area contributed by atoms with Crippen LogP contribution in [0, 0.1) is 33.3 Å². The van der Waals surface area contributed by atoms with E-state index in [9.17, 15) is 24.5 Å². The predicted octanol–water partition coefficient (Wildman–Crippen LogP) is 5.91. The Morgan fingerprint density at radius 1 is 1.11 bits per heavy atom. The molecule has 5 aliphatic rings. The number of thiocarbonyl (C=S) groups is 1. The lowest BCUT2D eigenvalue weighted by Crippen LogP contribution is -2.57. The molecular weight excluding hydrogens is 627 g/mol. The minimum Gasteiger partial charge on any atom is -0.483 e. The molecule has 0 aromatic heterocycles. The van der Waals surface area contributed by atoms with Crippen molar-refractivity contribution in [3.05, 3.63) is 63.0 Å². The lowest BCUT2D eigenvalue weighted by Gasteiger charge is -2.55. The quantitative estimate of drug-likeness (QED) is 0.130. The van der Waals surface area contributed by atoms with Crippen LogP contribution in [0.25, 0.3) is 6.08 Å². The Balaban J connectivity index is 1.18. The average Bonchev–Trinajstić information content (AvgIpc) is 3.28. The van der Waals surface area contributed by atoms with Crippen molar-refractivity contribution in [3.63, 3.8) is 0 Å². The number of anilines is 2. The molecule has 2 aromatic carbocycles. The van der Waals surface area contributed by atoms with Crippen LogP contribution in [0.1, 0.15) is 57.9 Å². The summed E-state index contributed by atoms with van der Waals surface area (Å²) in [5.41, 5.74) is 4.05. The molecule has 46 heavy (non-hydrogen) atoms. The standard InChI is InChI=1S/C33H37N5O6S2/c1-3-36(4-2)25-9-8-23(27(15-25)44-19-29(39)34-24-6-5-7-26(14-24)38(42)43)13-28-30(40)37(32(45)46-28)35-31(41)33-16-20-10-21(17-33)12-22(11-20)18-33/h5-9,13-15,20-22H,3-4,10-12,16-19H2,1-2H3,(H,34,39)(H,35,41)/b28-13+. The van der Waals surface area contributed by atoms with Crippen LogP contribution < -0.4 is 20.4 Å². The van der Waals surface area contributed by atoms with Gasteiger partial charge in [-0.15, -0.1) is 0 Å². The van der Waals surface area contributed by atoms with Crippen LogP contribution >= 0.6 is 24.0 Å². The van der Waals surface area contributed by atoms with Gasteiger partial charge < -0.3 is 15.0 Å². The van der Waals surface area contributed by atoms with Crippen molar-refractivity contribution < 1.29 is 24.0 Å². The summed E-state index contributed by atoms with van der Waals surface area (Å²) in [7, 11) is 0. The van der Waals surface area contributed by atoms with E-state index in [1.165, 1.54) is 42.5 Å². The molecule has 0 spiro atoms. The van der Waals surface area contributed by atoms with E-state index in [0.29, 0.717) is 34.0 Å². The normalized spacial score (nSPS) is 25.6. The van der Waals surface area contributed by atoms with E-state index < -0.39 is 22.2 Å². The third-order valence-corrected chi connectivity index (χ3v) is 10.9. The molecular formula is C33H37N5O6S2. The number of thioether (sulfide) groups is 1. The van der Waals surface area contributed by atoms with Crippen LogP contribution in [0.3, 0.4) is 0 Å². The van der Waals surface area contributed by atoms with Crippen molar-refractivity contribution in [2.45, 2.75) is 52.4 Å². The lowest BCUT2D eigenvalue weighted by atomic mass is 9.49. The van der Waals surface area contributed by atoms with Crippen LogP contribution in [0.15, 0.2) is 47.4 Å². The summed E-state index contributed by atoms with van der Waals surface area (Å²) in [4.78, 5) is 53.0. The third kappa shape index (κ3) is 6.48. The predicted molar refractivity (Wildman–Crippen MR) is 181 cm³/mol. The monoisotopic (exact) mass is 663 g/mol. The Bertz CT molecular complexity index is 1590. The number of benzene rings is 2. The highest BCUT2D eigenvalue weighted by molar-refractivity contribution is 8.26. The van der Waals surface area contributed by atoms with Crippen molar-refractivity contribution in [1.82, 2.24) is 10.4 Å². The van der Waals surface area contributed by atoms with Gasteiger partial charge >= 0.3 is 0 Å². The second kappa shape index (κ2) is 13.0. The molecule has 242 valence electrons. The van der Waals surface area contributed by atoms with Crippen molar-refractivity contribution in [2.75, 3.05) is 29.9 Å². The van der Waals surface area contributed by atoms with Gasteiger partial charge in [0.25, 0.3) is 17.5 Å². The number of hydrogen-bond donors (Lipinski definition) is 2. The van der Waals surface area contributed by atoms with E-state index in [-0.39, 0.29) is 28.2 Å². The molecule has 0 atom stereocenters. The first-order valence-electron chi connectivity index (χ1n) is 15.7. The van der Waals surface area contributed by atoms with Gasteiger partial charge in [-0.3, -0.25) is 29.9 Å². The van der Waals surface area contributed by atoms with Crippen molar-refractivity contribution in [2.24, 2.45) is 23.2 Å². The molecule has 4 bridgehead atoms. The van der Waals surface area contributed by atoms with Gasteiger partial charge in [0.05, 0.1) is 15.2 Å². The molecule has 13 heteroatoms. The number of nitrogens with zero attached hydrogens (tertiary/aromatic N) is 3. The molecule has 5 fully saturated rings. The highest BCUT2D eigenvalue weighted by Crippen LogP contribution is 2.60. The molecule has 2 N–H and O–H groups in total. The fourth-order valence-corrected chi connectivity index (χ4v) is 9.07. The molecule has 2 aromatic rings. The number of rotatable bonds is 11. The average molecular weight is 664 g/mol. The van der Waals surface area contributed by atoms with E-state index in [4.69, 9.17) is 17.0 Å². The number of non-ortho nitro benzene ring substituents is 1. The number of hydrazine groups is 1. The number of nitro groups is 1. The van der Waals surface area contributed by atoms with Gasteiger partial charge in [-0.1, -0.05) is 17.8 Å². The SMILES string of the molecule is CCN(CC)c1ccc(/C=C2/SC(=S)N(NC(=O)C34CC5CC(CC(C5)C3)C4)C2=O)c(OCC(=O)Nc2cccc([N+](=O)[O-])c2)c1. The Kier molecular flexibility index (Phi) is 9.06. The van der Waals surface area contributed by atoms with Crippen molar-refractivity contribution in [3.8, 4) is 5.75 Å². The van der Waals surface area contributed by atoms with Crippen LogP contribution in [-0.2, 0) is 14.4 Å².